The summed E-state index contributed by atoms with van der Waals surface area (Å²) in [6.45, 7) is 3.30. The molecular weight excluding hydrogens is 1530 g/mol. The van der Waals surface area contributed by atoms with Crippen molar-refractivity contribution in [2.45, 2.75) is 272 Å². The van der Waals surface area contributed by atoms with Crippen LogP contribution in [0.25, 0.3) is 0 Å². The van der Waals surface area contributed by atoms with Crippen molar-refractivity contribution in [1.29, 1.82) is 0 Å². The maximum atomic E-state index is 14.6. The average Bonchev–Trinajstić information content (AvgIpc) is 0.822. The summed E-state index contributed by atoms with van der Waals surface area (Å²) >= 11 is 0. The molecule has 9 amide bonds. The Morgan fingerprint density at radius 1 is 0.421 bits per heavy atom. The number of likely N-dealkylation sites (tertiary alicyclic amines) is 1. The molecule has 40 nitrogen and oxygen atoms in total. The van der Waals surface area contributed by atoms with E-state index in [1.807, 2.05) is 0 Å². The second kappa shape index (κ2) is 56.9. The molecule has 0 aromatic rings. The molecule has 4 fully saturated rings. The number of carbonyl (C=O) groups is 9. The molecule has 0 aromatic heterocycles. The van der Waals surface area contributed by atoms with E-state index in [0.717, 1.165) is 13.5 Å². The first-order valence-corrected chi connectivity index (χ1v) is 41.5. The molecule has 0 spiro atoms. The fraction of sp³-hybridized carbons (Fsp3) is 0.877. The molecule has 0 saturated carbocycles. The van der Waals surface area contributed by atoms with E-state index in [0.29, 0.717) is 129 Å². The number of phosphoric ester groups is 1. The number of piperidine rings is 1. The number of hydrogen-bond acceptors (Lipinski definition) is 30. The predicted molar refractivity (Wildman–Crippen MR) is 403 cm³/mol. The highest BCUT2D eigenvalue weighted by atomic mass is 31.2. The summed E-state index contributed by atoms with van der Waals surface area (Å²) in [5, 5.41) is 114. The molecule has 18 N–H and O–H groups in total. The lowest BCUT2D eigenvalue weighted by Gasteiger charge is -2.42. The molecule has 0 aromatic carbocycles. The Bertz CT molecular complexity index is 2640. The summed E-state index contributed by atoms with van der Waals surface area (Å²) in [7, 11) is -2.95. The van der Waals surface area contributed by atoms with Gasteiger partial charge in [0.1, 0.15) is 78.6 Å². The number of unbranched alkanes of at least 4 members (excludes halogenated alkanes) is 12. The summed E-state index contributed by atoms with van der Waals surface area (Å²) in [5.41, 5.74) is -1.47. The smallest absolute Gasteiger partial charge is 0.394 e. The maximum Gasteiger partial charge on any atom is 0.471 e. The standard InChI is InChI=1S/C73H132N9O31P/c1-48(86)78-60-66(97)63(94)52(42-83)111-70(60)107-35-17-9-5-13-30-75-56(90)26-39-104-45-73(46-105-40-27-57(91)76-31-14-6-10-18-36-108-71-61(79-49(2)87)67(98)64(95)53(43-84)112-71,47-106-41-28-58(92)77-32-15-7-11-19-37-109-72-62(80-50(3)88)68(99)65(96)54(44-85)113-72)81-69(100)51-24-33-82(34-25-51)59(93)23-21-22-55(89)74-29-16-8-12-20-38-110-114(101,102)103-4/h51-54,60-68,70-72,83-85,94-99H,5-47H2,1-4H3,(H,74,89)(H,75,90)(H,76,91)(H,77,92)(H,78,86)(H,79,87)(H,80,88)(H,81,100)(H,101,102). The largest absolute Gasteiger partial charge is 0.471 e. The molecule has 4 heterocycles. The zero-order valence-corrected chi connectivity index (χ0v) is 67.5. The normalized spacial score (nSPS) is 25.6. The fourth-order valence-corrected chi connectivity index (χ4v) is 13.6. The number of aliphatic hydroxyl groups is 9. The average molecular weight is 1660 g/mol. The SMILES string of the molecule is COP(=O)(O)OCCCCCCNC(=O)CCCC(=O)N1CCC(C(=O)NC(COCCC(=O)NCCCCCCOC2OC(CO)C(O)C(O)C2NC(C)=O)(COCCC(=O)NCCCCCCOC2OC(CO)C(O)C(O)C2NC(C)=O)COCCC(=O)NCCCCCCOC2OC(CO)C(O)C(O)C2NC(C)=O)CC1. The summed E-state index contributed by atoms with van der Waals surface area (Å²) in [4.78, 5) is 127. The summed E-state index contributed by atoms with van der Waals surface area (Å²) in [6, 6.07) is -3.21. The van der Waals surface area contributed by atoms with Gasteiger partial charge < -0.3 is 141 Å². The number of aliphatic hydroxyl groups excluding tert-OH is 9. The predicted octanol–water partition coefficient (Wildman–Crippen LogP) is -3.18. The van der Waals surface area contributed by atoms with Crippen LogP contribution >= 0.6 is 7.82 Å². The van der Waals surface area contributed by atoms with Crippen LogP contribution in [0.15, 0.2) is 0 Å². The molecule has 16 atom stereocenters. The molecule has 4 aliphatic heterocycles. The van der Waals surface area contributed by atoms with Crippen LogP contribution in [0.3, 0.4) is 0 Å². The molecule has 660 valence electrons. The van der Waals surface area contributed by atoms with Crippen LogP contribution in [0.5, 0.6) is 0 Å². The molecule has 16 unspecified atom stereocenters. The third-order valence-corrected chi connectivity index (χ3v) is 20.6. The van der Waals surface area contributed by atoms with Crippen LogP contribution in [0.4, 0.5) is 0 Å². The minimum absolute atomic E-state index is 0.0595. The van der Waals surface area contributed by atoms with Crippen molar-refractivity contribution in [3.05, 3.63) is 0 Å². The summed E-state index contributed by atoms with van der Waals surface area (Å²) in [5.74, 6) is -3.81. The van der Waals surface area contributed by atoms with E-state index in [1.165, 1.54) is 20.8 Å². The Hall–Kier alpha value is -5.38. The van der Waals surface area contributed by atoms with Crippen LogP contribution in [-0.4, -0.2) is 339 Å². The van der Waals surface area contributed by atoms with Crippen molar-refractivity contribution in [1.82, 2.24) is 47.4 Å². The van der Waals surface area contributed by atoms with Crippen molar-refractivity contribution >= 4 is 61.0 Å². The van der Waals surface area contributed by atoms with Gasteiger partial charge >= 0.3 is 7.82 Å². The van der Waals surface area contributed by atoms with E-state index in [2.05, 4.69) is 47.1 Å². The van der Waals surface area contributed by atoms with E-state index in [-0.39, 0.29) is 154 Å². The van der Waals surface area contributed by atoms with Crippen LogP contribution in [0.2, 0.25) is 0 Å². The van der Waals surface area contributed by atoms with Gasteiger partial charge in [0.05, 0.1) is 66.1 Å². The van der Waals surface area contributed by atoms with Gasteiger partial charge in [-0.25, -0.2) is 4.57 Å². The first kappa shape index (κ1) is 101. The van der Waals surface area contributed by atoms with Gasteiger partial charge in [0.15, 0.2) is 18.9 Å². The Balaban J connectivity index is 1.35. The van der Waals surface area contributed by atoms with E-state index in [1.54, 1.807) is 4.90 Å². The van der Waals surface area contributed by atoms with Crippen LogP contribution in [-0.2, 0) is 99.4 Å². The quantitative estimate of drug-likeness (QED) is 0.0211. The lowest BCUT2D eigenvalue weighted by Crippen LogP contribution is -2.64. The lowest BCUT2D eigenvalue weighted by molar-refractivity contribution is -0.270. The molecule has 0 aliphatic carbocycles. The highest BCUT2D eigenvalue weighted by molar-refractivity contribution is 7.47. The zero-order chi connectivity index (χ0) is 83.9. The summed E-state index contributed by atoms with van der Waals surface area (Å²) < 4.78 is 73.5. The van der Waals surface area contributed by atoms with E-state index < -0.39 is 155 Å². The Morgan fingerprint density at radius 2 is 0.737 bits per heavy atom. The van der Waals surface area contributed by atoms with Gasteiger partial charge in [0, 0.05) is 125 Å². The number of amides is 9. The molecule has 0 radical (unpaired) electrons. The third kappa shape index (κ3) is 39.5. The number of nitrogens with zero attached hydrogens (tertiary/aromatic N) is 1. The van der Waals surface area contributed by atoms with E-state index in [9.17, 15) is 98.6 Å². The lowest BCUT2D eigenvalue weighted by atomic mass is 9.93. The second-order valence-electron chi connectivity index (χ2n) is 29.1. The number of carbonyl (C=O) groups excluding carboxylic acids is 9. The number of nitrogens with one attached hydrogen (secondary N) is 8. The maximum absolute atomic E-state index is 14.6. The van der Waals surface area contributed by atoms with Crippen molar-refractivity contribution < 1.29 is 150 Å². The van der Waals surface area contributed by atoms with Crippen LogP contribution in [0.1, 0.15) is 175 Å². The van der Waals surface area contributed by atoms with Crippen molar-refractivity contribution in [2.75, 3.05) is 132 Å². The number of rotatable bonds is 60. The molecule has 4 saturated heterocycles. The molecular formula is C73H132N9O31P. The fourth-order valence-electron chi connectivity index (χ4n) is 13.1. The Kier molecular flexibility index (Phi) is 50.4. The highest BCUT2D eigenvalue weighted by Crippen LogP contribution is 2.42. The zero-order valence-electron chi connectivity index (χ0n) is 66.6. The first-order valence-electron chi connectivity index (χ1n) is 40.0. The van der Waals surface area contributed by atoms with Gasteiger partial charge in [0.25, 0.3) is 0 Å². The van der Waals surface area contributed by atoms with Gasteiger partial charge in [0.2, 0.25) is 53.2 Å². The van der Waals surface area contributed by atoms with Crippen LogP contribution in [0, 0.1) is 5.92 Å². The van der Waals surface area contributed by atoms with E-state index >= 15 is 0 Å². The monoisotopic (exact) mass is 1660 g/mol. The molecule has 114 heavy (non-hydrogen) atoms. The van der Waals surface area contributed by atoms with Gasteiger partial charge in [-0.2, -0.15) is 0 Å². The van der Waals surface area contributed by atoms with Crippen LogP contribution < -0.4 is 42.5 Å². The minimum Gasteiger partial charge on any atom is -0.394 e. The van der Waals surface area contributed by atoms with Gasteiger partial charge in [-0.05, 0) is 70.6 Å². The molecule has 4 rings (SSSR count). The number of hydrogen-bond donors (Lipinski definition) is 18. The van der Waals surface area contributed by atoms with Gasteiger partial charge in [-0.3, -0.25) is 52.2 Å². The second-order valence-corrected chi connectivity index (χ2v) is 30.7. The number of phosphoric acid groups is 1. The Morgan fingerprint density at radius 3 is 1.05 bits per heavy atom. The number of ether oxygens (including phenoxy) is 9. The van der Waals surface area contributed by atoms with Gasteiger partial charge in [-0.15, -0.1) is 0 Å². The minimum atomic E-state index is -4.03. The Labute approximate surface area is 666 Å². The molecule has 0 bridgehead atoms. The van der Waals surface area contributed by atoms with Gasteiger partial charge in [-0.1, -0.05) is 51.4 Å². The summed E-state index contributed by atoms with van der Waals surface area (Å²) in [6.07, 6.45) is -4.40. The van der Waals surface area contributed by atoms with Crippen molar-refractivity contribution in [3.8, 4) is 0 Å². The topological polar surface area (TPSA) is 574 Å². The third-order valence-electron chi connectivity index (χ3n) is 19.6. The van der Waals surface area contributed by atoms with Crippen molar-refractivity contribution in [3.63, 3.8) is 0 Å². The molecule has 41 heteroatoms. The van der Waals surface area contributed by atoms with E-state index in [4.69, 9.17) is 47.2 Å². The highest BCUT2D eigenvalue weighted by Gasteiger charge is 2.48. The molecule has 4 aliphatic rings. The first-order chi connectivity index (χ1) is 54.6. The van der Waals surface area contributed by atoms with Crippen molar-refractivity contribution in [2.24, 2.45) is 5.92 Å².